The van der Waals surface area contributed by atoms with E-state index in [0.717, 1.165) is 17.5 Å². The molecule has 0 amide bonds. The van der Waals surface area contributed by atoms with Crippen molar-refractivity contribution in [1.29, 1.82) is 0 Å². The number of nitrogens with zero attached hydrogens (tertiary/aromatic N) is 1. The highest BCUT2D eigenvalue weighted by Gasteiger charge is 2.39. The summed E-state index contributed by atoms with van der Waals surface area (Å²) in [5.74, 6) is 1.96. The van der Waals surface area contributed by atoms with Crippen LogP contribution in [0.3, 0.4) is 0 Å². The lowest BCUT2D eigenvalue weighted by atomic mass is 9.51. The molecule has 2 heteroatoms. The van der Waals surface area contributed by atoms with Crippen LogP contribution >= 0.6 is 0 Å². The normalized spacial score (nSPS) is 26.2. The second-order valence-electron chi connectivity index (χ2n) is 9.93. The van der Waals surface area contributed by atoms with Crippen LogP contribution in [0.15, 0.2) is 66.9 Å². The standard InChI is InChI=1S/C28H32BN/c1-20-6-2-5-9-26(20)27-15-12-24(19-30-27)22-10-13-25(14-11-22)28(29)17-16-21-7-3-4-8-23(21)18-28/h2,5-6,9-15,19,21,23H,3-4,7-8,16-18,29H2,1H3. The number of aryl methyl sites for hydroxylation is 1. The summed E-state index contributed by atoms with van der Waals surface area (Å²) in [5, 5.41) is 0.351. The summed E-state index contributed by atoms with van der Waals surface area (Å²) in [5.41, 5.74) is 7.51. The number of hydrogen-bond acceptors (Lipinski definition) is 1. The highest BCUT2D eigenvalue weighted by atomic mass is 14.7. The van der Waals surface area contributed by atoms with Gasteiger partial charge >= 0.3 is 0 Å². The highest BCUT2D eigenvalue weighted by molar-refractivity contribution is 6.16. The molecule has 3 atom stereocenters. The molecule has 0 bridgehead atoms. The molecule has 0 N–H and O–H groups in total. The predicted molar refractivity (Wildman–Crippen MR) is 129 cm³/mol. The molecule has 3 aromatic rings. The summed E-state index contributed by atoms with van der Waals surface area (Å²) >= 11 is 0. The maximum absolute atomic E-state index is 4.76. The molecule has 2 aliphatic carbocycles. The number of benzene rings is 2. The van der Waals surface area contributed by atoms with Gasteiger partial charge in [-0.15, -0.1) is 0 Å². The van der Waals surface area contributed by atoms with E-state index in [-0.39, 0.29) is 0 Å². The van der Waals surface area contributed by atoms with Crippen LogP contribution in [-0.2, 0) is 5.31 Å². The number of fused-ring (bicyclic) bond motifs is 1. The van der Waals surface area contributed by atoms with Crippen molar-refractivity contribution in [3.05, 3.63) is 78.0 Å². The van der Waals surface area contributed by atoms with Crippen LogP contribution in [0.25, 0.3) is 22.4 Å². The third-order valence-electron chi connectivity index (χ3n) is 7.95. The minimum atomic E-state index is 0.351. The van der Waals surface area contributed by atoms with Crippen molar-refractivity contribution in [2.24, 2.45) is 11.8 Å². The second kappa shape index (κ2) is 8.06. The molecule has 0 spiro atoms. The minimum absolute atomic E-state index is 0.351. The Morgan fingerprint density at radius 3 is 2.30 bits per heavy atom. The monoisotopic (exact) mass is 393 g/mol. The van der Waals surface area contributed by atoms with E-state index in [9.17, 15) is 0 Å². The van der Waals surface area contributed by atoms with Gasteiger partial charge in [0.05, 0.1) is 5.69 Å². The van der Waals surface area contributed by atoms with Crippen molar-refractivity contribution in [3.63, 3.8) is 0 Å². The molecule has 1 heterocycles. The molecule has 2 aliphatic rings. The van der Waals surface area contributed by atoms with E-state index in [1.54, 1.807) is 0 Å². The summed E-state index contributed by atoms with van der Waals surface area (Å²) in [6.45, 7) is 2.14. The van der Waals surface area contributed by atoms with Crippen LogP contribution in [0.4, 0.5) is 0 Å². The molecule has 3 unspecified atom stereocenters. The van der Waals surface area contributed by atoms with Gasteiger partial charge in [0.1, 0.15) is 7.85 Å². The van der Waals surface area contributed by atoms with Crippen molar-refractivity contribution in [2.45, 2.75) is 57.2 Å². The average Bonchev–Trinajstić information content (AvgIpc) is 2.80. The van der Waals surface area contributed by atoms with E-state index >= 15 is 0 Å². The van der Waals surface area contributed by atoms with Gasteiger partial charge in [-0.2, -0.15) is 0 Å². The van der Waals surface area contributed by atoms with Crippen LogP contribution in [0.1, 0.15) is 56.1 Å². The zero-order valence-corrected chi connectivity index (χ0v) is 18.4. The largest absolute Gasteiger partial charge is 0.256 e. The molecule has 2 fully saturated rings. The Morgan fingerprint density at radius 2 is 1.57 bits per heavy atom. The number of rotatable bonds is 3. The Bertz CT molecular complexity index is 1010. The van der Waals surface area contributed by atoms with Gasteiger partial charge in [-0.1, -0.05) is 93.1 Å². The fourth-order valence-electron chi connectivity index (χ4n) is 6.03. The molecular formula is C28H32BN. The summed E-state index contributed by atoms with van der Waals surface area (Å²) in [6.07, 6.45) is 12.0. The van der Waals surface area contributed by atoms with Crippen molar-refractivity contribution < 1.29 is 0 Å². The molecule has 0 radical (unpaired) electrons. The fraction of sp³-hybridized carbons (Fsp3) is 0.393. The van der Waals surface area contributed by atoms with Crippen LogP contribution in [0.5, 0.6) is 0 Å². The lowest BCUT2D eigenvalue weighted by Gasteiger charge is -2.45. The Morgan fingerprint density at radius 1 is 0.833 bits per heavy atom. The molecule has 5 rings (SSSR count). The molecule has 152 valence electrons. The highest BCUT2D eigenvalue weighted by Crippen LogP contribution is 2.48. The van der Waals surface area contributed by atoms with E-state index in [1.165, 1.54) is 72.8 Å². The maximum Gasteiger partial charge on any atom is 0.115 e. The quantitative estimate of drug-likeness (QED) is 0.460. The first-order valence-corrected chi connectivity index (χ1v) is 11.8. The fourth-order valence-corrected chi connectivity index (χ4v) is 6.03. The van der Waals surface area contributed by atoms with Crippen LogP contribution < -0.4 is 0 Å². The van der Waals surface area contributed by atoms with E-state index in [4.69, 9.17) is 4.98 Å². The first-order chi connectivity index (χ1) is 14.6. The van der Waals surface area contributed by atoms with Crippen molar-refractivity contribution in [1.82, 2.24) is 4.98 Å². The van der Waals surface area contributed by atoms with Crippen LogP contribution in [-0.4, -0.2) is 12.8 Å². The Labute approximate surface area is 182 Å². The molecule has 0 saturated heterocycles. The van der Waals surface area contributed by atoms with Crippen molar-refractivity contribution >= 4 is 7.85 Å². The number of hydrogen-bond donors (Lipinski definition) is 0. The van der Waals surface area contributed by atoms with E-state index in [1.807, 2.05) is 6.20 Å². The zero-order valence-electron chi connectivity index (χ0n) is 18.4. The SMILES string of the molecule is BC1(c2ccc(-c3ccc(-c4ccccc4C)nc3)cc2)CCC2CCCCC2C1. The van der Waals surface area contributed by atoms with Gasteiger partial charge < -0.3 is 0 Å². The zero-order chi connectivity index (χ0) is 20.6. The Balaban J connectivity index is 1.34. The van der Waals surface area contributed by atoms with Gasteiger partial charge in [-0.05, 0) is 53.3 Å². The molecular weight excluding hydrogens is 361 g/mol. The third-order valence-corrected chi connectivity index (χ3v) is 7.95. The van der Waals surface area contributed by atoms with Gasteiger partial charge in [0, 0.05) is 17.3 Å². The predicted octanol–water partition coefficient (Wildman–Crippen LogP) is 6.54. The van der Waals surface area contributed by atoms with Gasteiger partial charge in [0.15, 0.2) is 0 Å². The van der Waals surface area contributed by atoms with E-state index in [0.29, 0.717) is 5.31 Å². The molecule has 1 aromatic heterocycles. The number of pyridine rings is 1. The first kappa shape index (κ1) is 19.6. The van der Waals surface area contributed by atoms with Gasteiger partial charge in [-0.25, -0.2) is 0 Å². The molecule has 1 nitrogen and oxygen atoms in total. The van der Waals surface area contributed by atoms with Crippen molar-refractivity contribution in [2.75, 3.05) is 0 Å². The Kier molecular flexibility index (Phi) is 5.27. The summed E-state index contributed by atoms with van der Waals surface area (Å²) in [4.78, 5) is 4.76. The van der Waals surface area contributed by atoms with Gasteiger partial charge in [0.2, 0.25) is 0 Å². The molecule has 0 aliphatic heterocycles. The molecule has 2 aromatic carbocycles. The third kappa shape index (κ3) is 3.73. The van der Waals surface area contributed by atoms with Gasteiger partial charge in [0.25, 0.3) is 0 Å². The summed E-state index contributed by atoms with van der Waals surface area (Å²) < 4.78 is 0. The summed E-state index contributed by atoms with van der Waals surface area (Å²) in [7, 11) is 2.51. The van der Waals surface area contributed by atoms with Crippen LogP contribution in [0, 0.1) is 18.8 Å². The van der Waals surface area contributed by atoms with Crippen molar-refractivity contribution in [3.8, 4) is 22.4 Å². The smallest absolute Gasteiger partial charge is 0.115 e. The van der Waals surface area contributed by atoms with E-state index < -0.39 is 0 Å². The second-order valence-corrected chi connectivity index (χ2v) is 9.93. The lowest BCUT2D eigenvalue weighted by molar-refractivity contribution is 0.141. The van der Waals surface area contributed by atoms with E-state index in [2.05, 4.69) is 75.4 Å². The Hall–Kier alpha value is -2.35. The van der Waals surface area contributed by atoms with Gasteiger partial charge in [-0.3, -0.25) is 4.98 Å². The lowest BCUT2D eigenvalue weighted by Crippen LogP contribution is -2.38. The topological polar surface area (TPSA) is 12.9 Å². The van der Waals surface area contributed by atoms with Crippen LogP contribution in [0.2, 0.25) is 0 Å². The maximum atomic E-state index is 4.76. The first-order valence-electron chi connectivity index (χ1n) is 11.8. The molecule has 30 heavy (non-hydrogen) atoms. The summed E-state index contributed by atoms with van der Waals surface area (Å²) in [6, 6.07) is 22.2. The minimum Gasteiger partial charge on any atom is -0.256 e. The number of aromatic nitrogens is 1. The average molecular weight is 393 g/mol. The molecule has 2 saturated carbocycles.